The summed E-state index contributed by atoms with van der Waals surface area (Å²) in [5.74, 6) is 0.164. The van der Waals surface area contributed by atoms with Crippen molar-refractivity contribution < 1.29 is 4.79 Å². The van der Waals surface area contributed by atoms with Crippen LogP contribution < -0.4 is 10.6 Å². The van der Waals surface area contributed by atoms with Gasteiger partial charge in [-0.05, 0) is 36.3 Å². The number of nitrogens with zero attached hydrogens (tertiary/aromatic N) is 3. The summed E-state index contributed by atoms with van der Waals surface area (Å²) in [6, 6.07) is 8.17. The largest absolute Gasteiger partial charge is 0.326 e. The normalized spacial score (nSPS) is 18.4. The Morgan fingerprint density at radius 3 is 2.68 bits per heavy atom. The third-order valence-corrected chi connectivity index (χ3v) is 5.20. The molecule has 0 bridgehead atoms. The topological polar surface area (TPSA) is 62.2 Å². The van der Waals surface area contributed by atoms with Gasteiger partial charge in [0.2, 0.25) is 5.91 Å². The lowest BCUT2D eigenvalue weighted by Crippen LogP contribution is -2.28. The number of carbonyl (C=O) groups is 1. The summed E-state index contributed by atoms with van der Waals surface area (Å²) in [6.07, 6.45) is 3.87. The second-order valence-electron chi connectivity index (χ2n) is 6.97. The van der Waals surface area contributed by atoms with Gasteiger partial charge in [0.15, 0.2) is 0 Å². The number of aryl methyl sites for hydroxylation is 1. The highest BCUT2D eigenvalue weighted by Gasteiger charge is 2.34. The molecule has 1 aliphatic rings. The Balaban J connectivity index is 0.00000196. The third-order valence-electron chi connectivity index (χ3n) is 5.20. The molecule has 1 aliphatic heterocycles. The maximum absolute atomic E-state index is 12.9. The van der Waals surface area contributed by atoms with Gasteiger partial charge in [-0.25, -0.2) is 0 Å². The fraction of sp³-hybridized carbons (Fsp3) is 0.500. The number of rotatable bonds is 7. The van der Waals surface area contributed by atoms with Crippen molar-refractivity contribution in [2.45, 2.75) is 26.3 Å². The molecule has 1 amide bonds. The highest BCUT2D eigenvalue weighted by Crippen LogP contribution is 2.29. The highest BCUT2D eigenvalue weighted by molar-refractivity contribution is 5.93. The quantitative estimate of drug-likeness (QED) is 0.712. The standard InChI is InChI=1S/C20H29N5O.2ClH/c1-4-25(5-2)13-15-7-6-8-17(9-15)23-20(26)19-12-21-11-18(19)16-10-22-24(3)14-16;;/h6-10,14,18-19,21H,4-5,11-13H2,1-3H3,(H,23,26);2*1H/t18-,19+;;/m1../s1. The summed E-state index contributed by atoms with van der Waals surface area (Å²) in [6.45, 7) is 8.79. The molecule has 2 heterocycles. The molecule has 0 radical (unpaired) electrons. The van der Waals surface area contributed by atoms with E-state index in [1.165, 1.54) is 5.56 Å². The Kier molecular flexibility index (Phi) is 9.96. The molecule has 1 aromatic heterocycles. The summed E-state index contributed by atoms with van der Waals surface area (Å²) in [5, 5.41) is 10.7. The molecule has 1 fully saturated rings. The van der Waals surface area contributed by atoms with Crippen LogP contribution in [-0.4, -0.2) is 46.8 Å². The van der Waals surface area contributed by atoms with Crippen molar-refractivity contribution >= 4 is 36.4 Å². The van der Waals surface area contributed by atoms with Crippen LogP contribution >= 0.6 is 24.8 Å². The smallest absolute Gasteiger partial charge is 0.229 e. The van der Waals surface area contributed by atoms with Crippen molar-refractivity contribution in [2.24, 2.45) is 13.0 Å². The van der Waals surface area contributed by atoms with E-state index < -0.39 is 0 Å². The number of nitrogens with one attached hydrogen (secondary N) is 2. The first-order chi connectivity index (χ1) is 12.6. The van der Waals surface area contributed by atoms with E-state index in [-0.39, 0.29) is 42.6 Å². The van der Waals surface area contributed by atoms with Crippen LogP contribution in [0, 0.1) is 5.92 Å². The Morgan fingerprint density at radius 1 is 1.29 bits per heavy atom. The predicted molar refractivity (Wildman–Crippen MR) is 119 cm³/mol. The SMILES string of the molecule is CCN(CC)Cc1cccc(NC(=O)[C@H]2CNC[C@@H]2c2cnn(C)c2)c1.Cl.Cl. The van der Waals surface area contributed by atoms with Crippen LogP contribution in [0.25, 0.3) is 0 Å². The molecule has 2 atom stereocenters. The average molecular weight is 428 g/mol. The molecule has 156 valence electrons. The molecule has 1 aromatic carbocycles. The first-order valence-electron chi connectivity index (χ1n) is 9.42. The molecular formula is C20H31Cl2N5O. The highest BCUT2D eigenvalue weighted by atomic mass is 35.5. The molecule has 8 heteroatoms. The van der Waals surface area contributed by atoms with Crippen molar-refractivity contribution in [1.82, 2.24) is 20.0 Å². The minimum atomic E-state index is -0.0781. The van der Waals surface area contributed by atoms with Crippen molar-refractivity contribution in [3.05, 3.63) is 47.8 Å². The fourth-order valence-corrected chi connectivity index (χ4v) is 3.62. The van der Waals surface area contributed by atoms with E-state index in [2.05, 4.69) is 46.6 Å². The van der Waals surface area contributed by atoms with Crippen molar-refractivity contribution in [2.75, 3.05) is 31.5 Å². The van der Waals surface area contributed by atoms with E-state index in [0.29, 0.717) is 6.54 Å². The molecule has 0 unspecified atom stereocenters. The van der Waals surface area contributed by atoms with Crippen LogP contribution in [0.1, 0.15) is 30.9 Å². The van der Waals surface area contributed by atoms with Gasteiger partial charge >= 0.3 is 0 Å². The number of carbonyl (C=O) groups excluding carboxylic acids is 1. The fourth-order valence-electron chi connectivity index (χ4n) is 3.62. The minimum Gasteiger partial charge on any atom is -0.326 e. The van der Waals surface area contributed by atoms with Crippen LogP contribution in [0.5, 0.6) is 0 Å². The van der Waals surface area contributed by atoms with Gasteiger partial charge in [-0.15, -0.1) is 24.8 Å². The number of hydrogen-bond acceptors (Lipinski definition) is 4. The Bertz CT molecular complexity index is 748. The average Bonchev–Trinajstić information content (AvgIpc) is 3.28. The molecular weight excluding hydrogens is 397 g/mol. The number of anilines is 1. The van der Waals surface area contributed by atoms with E-state index in [1.54, 1.807) is 4.68 Å². The van der Waals surface area contributed by atoms with E-state index in [9.17, 15) is 4.79 Å². The molecule has 28 heavy (non-hydrogen) atoms. The molecule has 2 aromatic rings. The zero-order chi connectivity index (χ0) is 18.5. The van der Waals surface area contributed by atoms with Gasteiger partial charge in [0.25, 0.3) is 0 Å². The van der Waals surface area contributed by atoms with Gasteiger partial charge < -0.3 is 10.6 Å². The summed E-state index contributed by atoms with van der Waals surface area (Å²) < 4.78 is 1.79. The lowest BCUT2D eigenvalue weighted by Gasteiger charge is -2.19. The van der Waals surface area contributed by atoms with Gasteiger partial charge in [-0.1, -0.05) is 26.0 Å². The maximum atomic E-state index is 12.9. The van der Waals surface area contributed by atoms with Gasteiger partial charge in [0.1, 0.15) is 0 Å². The number of aromatic nitrogens is 2. The molecule has 0 saturated carbocycles. The first kappa shape index (κ1) is 24.4. The predicted octanol–water partition coefficient (Wildman–Crippen LogP) is 3.05. The summed E-state index contributed by atoms with van der Waals surface area (Å²) in [4.78, 5) is 15.2. The van der Waals surface area contributed by atoms with Crippen LogP contribution in [0.3, 0.4) is 0 Å². The lowest BCUT2D eigenvalue weighted by atomic mass is 9.90. The van der Waals surface area contributed by atoms with Gasteiger partial charge in [0.05, 0.1) is 12.1 Å². The first-order valence-corrected chi connectivity index (χ1v) is 9.42. The number of hydrogen-bond donors (Lipinski definition) is 2. The van der Waals surface area contributed by atoms with Gasteiger partial charge in [0, 0.05) is 44.5 Å². The Hall–Kier alpha value is -1.60. The molecule has 3 rings (SSSR count). The van der Waals surface area contributed by atoms with Crippen LogP contribution in [0.4, 0.5) is 5.69 Å². The number of amides is 1. The summed E-state index contributed by atoms with van der Waals surface area (Å²) in [5.41, 5.74) is 3.21. The van der Waals surface area contributed by atoms with E-state index >= 15 is 0 Å². The van der Waals surface area contributed by atoms with E-state index in [4.69, 9.17) is 0 Å². The molecule has 6 nitrogen and oxygen atoms in total. The van der Waals surface area contributed by atoms with Crippen LogP contribution in [-0.2, 0) is 18.4 Å². The van der Waals surface area contributed by atoms with Crippen LogP contribution in [0.2, 0.25) is 0 Å². The van der Waals surface area contributed by atoms with Crippen LogP contribution in [0.15, 0.2) is 36.7 Å². The minimum absolute atomic E-state index is 0. The second kappa shape index (κ2) is 11.4. The maximum Gasteiger partial charge on any atom is 0.229 e. The van der Waals surface area contributed by atoms with E-state index in [0.717, 1.165) is 37.4 Å². The summed E-state index contributed by atoms with van der Waals surface area (Å²) in [7, 11) is 1.91. The molecule has 1 saturated heterocycles. The van der Waals surface area contributed by atoms with E-state index in [1.807, 2.05) is 31.6 Å². The molecule has 0 aliphatic carbocycles. The third kappa shape index (κ3) is 5.95. The monoisotopic (exact) mass is 427 g/mol. The van der Waals surface area contributed by atoms with Gasteiger partial charge in [-0.2, -0.15) is 5.10 Å². The lowest BCUT2D eigenvalue weighted by molar-refractivity contribution is -0.119. The number of halogens is 2. The second-order valence-corrected chi connectivity index (χ2v) is 6.97. The Labute approximate surface area is 179 Å². The van der Waals surface area contributed by atoms with Crippen molar-refractivity contribution in [3.63, 3.8) is 0 Å². The van der Waals surface area contributed by atoms with Crippen molar-refractivity contribution in [3.8, 4) is 0 Å². The molecule has 0 spiro atoms. The Morgan fingerprint density at radius 2 is 2.04 bits per heavy atom. The number of benzene rings is 1. The zero-order valence-corrected chi connectivity index (χ0v) is 18.4. The molecule has 2 N–H and O–H groups in total. The summed E-state index contributed by atoms with van der Waals surface area (Å²) >= 11 is 0. The van der Waals surface area contributed by atoms with Crippen molar-refractivity contribution in [1.29, 1.82) is 0 Å². The van der Waals surface area contributed by atoms with Gasteiger partial charge in [-0.3, -0.25) is 14.4 Å². The zero-order valence-electron chi connectivity index (χ0n) is 16.7.